The van der Waals surface area contributed by atoms with Crippen molar-refractivity contribution in [2.24, 2.45) is 0 Å². The minimum absolute atomic E-state index is 0.0813. The number of hydrogen-bond acceptors (Lipinski definition) is 4. The van der Waals surface area contributed by atoms with Crippen molar-refractivity contribution in [2.45, 2.75) is 52.4 Å². The molecule has 0 spiro atoms. The predicted molar refractivity (Wildman–Crippen MR) is 271 cm³/mol. The van der Waals surface area contributed by atoms with E-state index >= 15 is 0 Å². The molecule has 310 valence electrons. The molecule has 2 aromatic heterocycles. The summed E-state index contributed by atoms with van der Waals surface area (Å²) in [6, 6.07) is 66.0. The molecule has 0 saturated carbocycles. The fraction of sp³-hybridized carbons (Fsp3) is 0.133. The molecule has 12 aromatic rings. The summed E-state index contributed by atoms with van der Waals surface area (Å²) in [5, 5.41) is 11.7. The summed E-state index contributed by atoms with van der Waals surface area (Å²) in [7, 11) is 0. The summed E-state index contributed by atoms with van der Waals surface area (Å²) in [6.45, 7) is 13.5. The molecule has 0 aliphatic heterocycles. The lowest BCUT2D eigenvalue weighted by Gasteiger charge is -2.29. The largest absolute Gasteiger partial charge is 0.454 e. The zero-order valence-electron chi connectivity index (χ0n) is 37.0. The van der Waals surface area contributed by atoms with Gasteiger partial charge < -0.3 is 18.6 Å². The Kier molecular flexibility index (Phi) is 8.33. The van der Waals surface area contributed by atoms with E-state index in [4.69, 9.17) is 8.83 Å². The van der Waals surface area contributed by atoms with E-state index in [1.54, 1.807) is 0 Å². The van der Waals surface area contributed by atoms with Crippen molar-refractivity contribution in [1.82, 2.24) is 0 Å². The van der Waals surface area contributed by atoms with Crippen LogP contribution in [-0.2, 0) is 10.8 Å². The normalized spacial score (nSPS) is 12.5. The third-order valence-corrected chi connectivity index (χ3v) is 13.2. The molecule has 0 amide bonds. The molecule has 4 nitrogen and oxygen atoms in total. The Bertz CT molecular complexity index is 3500. The Morgan fingerprint density at radius 2 is 0.656 bits per heavy atom. The quantitative estimate of drug-likeness (QED) is 0.156. The van der Waals surface area contributed by atoms with Crippen LogP contribution in [0.4, 0.5) is 34.1 Å². The molecule has 0 saturated heterocycles. The van der Waals surface area contributed by atoms with E-state index in [-0.39, 0.29) is 10.8 Å². The molecule has 0 bridgehead atoms. The van der Waals surface area contributed by atoms with Gasteiger partial charge in [0.05, 0.1) is 22.7 Å². The molecule has 0 aliphatic rings. The van der Waals surface area contributed by atoms with Gasteiger partial charge in [-0.1, -0.05) is 175 Å². The van der Waals surface area contributed by atoms with Crippen molar-refractivity contribution in [2.75, 3.05) is 9.80 Å². The second-order valence-electron chi connectivity index (χ2n) is 19.3. The average Bonchev–Trinajstić information content (AvgIpc) is 3.89. The maximum atomic E-state index is 7.03. The van der Waals surface area contributed by atoms with Gasteiger partial charge in [0, 0.05) is 54.8 Å². The fourth-order valence-corrected chi connectivity index (χ4v) is 10.3. The van der Waals surface area contributed by atoms with Crippen LogP contribution >= 0.6 is 0 Å². The number of benzene rings is 10. The van der Waals surface area contributed by atoms with Crippen molar-refractivity contribution in [3.63, 3.8) is 0 Å². The Morgan fingerprint density at radius 3 is 1.05 bits per heavy atom. The van der Waals surface area contributed by atoms with E-state index in [1.165, 1.54) is 43.4 Å². The second kappa shape index (κ2) is 14.0. The number of hydrogen-bond donors (Lipinski definition) is 0. The summed E-state index contributed by atoms with van der Waals surface area (Å²) in [5.41, 5.74) is 12.2. The molecule has 0 N–H and O–H groups in total. The van der Waals surface area contributed by atoms with E-state index < -0.39 is 0 Å². The van der Waals surface area contributed by atoms with E-state index in [0.717, 1.165) is 78.0 Å². The summed E-state index contributed by atoms with van der Waals surface area (Å²) >= 11 is 0. The van der Waals surface area contributed by atoms with Crippen LogP contribution in [0.25, 0.3) is 76.2 Å². The molecule has 0 aliphatic carbocycles. The minimum atomic E-state index is -0.0813. The van der Waals surface area contributed by atoms with Crippen LogP contribution in [0, 0.1) is 0 Å². The molecule has 10 aromatic carbocycles. The van der Waals surface area contributed by atoms with Crippen molar-refractivity contribution < 1.29 is 8.83 Å². The van der Waals surface area contributed by atoms with Gasteiger partial charge in [-0.2, -0.15) is 0 Å². The molecule has 0 unspecified atom stereocenters. The lowest BCUT2D eigenvalue weighted by Crippen LogP contribution is -2.12. The van der Waals surface area contributed by atoms with Gasteiger partial charge in [-0.05, 0) is 80.9 Å². The van der Waals surface area contributed by atoms with Crippen LogP contribution in [0.15, 0.2) is 191 Å². The minimum Gasteiger partial charge on any atom is -0.454 e. The summed E-state index contributed by atoms with van der Waals surface area (Å²) < 4.78 is 14.1. The first-order valence-electron chi connectivity index (χ1n) is 22.3. The molecule has 0 fully saturated rings. The zero-order valence-corrected chi connectivity index (χ0v) is 37.0. The second-order valence-corrected chi connectivity index (χ2v) is 19.3. The van der Waals surface area contributed by atoms with Crippen LogP contribution < -0.4 is 9.80 Å². The van der Waals surface area contributed by atoms with Crippen LogP contribution in [0.3, 0.4) is 0 Å². The fourth-order valence-electron chi connectivity index (χ4n) is 10.3. The molecule has 0 atom stereocenters. The van der Waals surface area contributed by atoms with Crippen LogP contribution in [0.1, 0.15) is 52.7 Å². The first kappa shape index (κ1) is 38.1. The van der Waals surface area contributed by atoms with Gasteiger partial charge in [-0.3, -0.25) is 0 Å². The maximum absolute atomic E-state index is 7.03. The van der Waals surface area contributed by atoms with Crippen molar-refractivity contribution >= 4 is 110 Å². The van der Waals surface area contributed by atoms with Gasteiger partial charge >= 0.3 is 0 Å². The number of anilines is 6. The summed E-state index contributed by atoms with van der Waals surface area (Å²) in [5.74, 6) is 0. The number of nitrogens with zero attached hydrogens (tertiary/aromatic N) is 2. The van der Waals surface area contributed by atoms with E-state index in [0.29, 0.717) is 0 Å². The summed E-state index contributed by atoms with van der Waals surface area (Å²) in [6.07, 6.45) is 0. The highest BCUT2D eigenvalue weighted by Gasteiger charge is 2.28. The van der Waals surface area contributed by atoms with E-state index in [1.807, 2.05) is 0 Å². The van der Waals surface area contributed by atoms with Gasteiger partial charge in [0.25, 0.3) is 0 Å². The number of furan rings is 2. The van der Waals surface area contributed by atoms with Gasteiger partial charge in [-0.25, -0.2) is 0 Å². The monoisotopic (exact) mass is 828 g/mol. The van der Waals surface area contributed by atoms with E-state index in [2.05, 4.69) is 233 Å². The van der Waals surface area contributed by atoms with Gasteiger partial charge in [0.2, 0.25) is 0 Å². The Balaban J connectivity index is 1.12. The SMILES string of the molecule is CC(C)(C)c1cccc2c1oc1c(N(c3ccccc3)c3ccc4ccc5c(N(c6ccccc6)c6cccc7c6oc6c(C(C)(C)C)cccc67)ccc6ccc3c4c65)cccc12. The van der Waals surface area contributed by atoms with Crippen molar-refractivity contribution in [3.8, 4) is 0 Å². The molecule has 0 radical (unpaired) electrons. The van der Waals surface area contributed by atoms with Gasteiger partial charge in [-0.15, -0.1) is 0 Å². The lowest BCUT2D eigenvalue weighted by molar-refractivity contribution is 0.572. The first-order chi connectivity index (χ1) is 31.0. The Hall–Kier alpha value is -7.56. The van der Waals surface area contributed by atoms with Gasteiger partial charge in [0.1, 0.15) is 11.2 Å². The number of rotatable bonds is 6. The molecule has 64 heavy (non-hydrogen) atoms. The zero-order chi connectivity index (χ0) is 43.5. The molecular formula is C60H48N2O2. The van der Waals surface area contributed by atoms with Crippen molar-refractivity contribution in [3.05, 3.63) is 193 Å². The Morgan fingerprint density at radius 1 is 0.297 bits per heavy atom. The molecule has 2 heterocycles. The predicted octanol–water partition coefficient (Wildman–Crippen LogP) is 17.9. The summed E-state index contributed by atoms with van der Waals surface area (Å²) in [4.78, 5) is 4.78. The highest BCUT2D eigenvalue weighted by Crippen LogP contribution is 2.51. The van der Waals surface area contributed by atoms with Crippen LogP contribution in [0.5, 0.6) is 0 Å². The maximum Gasteiger partial charge on any atom is 0.159 e. The average molecular weight is 829 g/mol. The number of para-hydroxylation sites is 6. The van der Waals surface area contributed by atoms with Crippen LogP contribution in [-0.4, -0.2) is 0 Å². The van der Waals surface area contributed by atoms with Crippen LogP contribution in [0.2, 0.25) is 0 Å². The highest BCUT2D eigenvalue weighted by atomic mass is 16.3. The topological polar surface area (TPSA) is 32.8 Å². The van der Waals surface area contributed by atoms with Crippen molar-refractivity contribution in [1.29, 1.82) is 0 Å². The molecule has 4 heteroatoms. The smallest absolute Gasteiger partial charge is 0.159 e. The standard InChI is InChI=1S/C60H48N2O2/c1-59(2,3)47-25-13-21-41-43-23-15-27-51(57(43)63-55(41)47)61(39-17-9-7-10-18-39)49-35-31-37-30-34-46-50(36-32-38-29-33-45(49)53(37)54(38)46)62(40-19-11-8-12-20-40)52-28-16-24-44-42-22-14-26-48(60(4,5)6)56(42)64-58(44)52/h7-36H,1-6H3. The number of fused-ring (bicyclic) bond motifs is 6. The first-order valence-corrected chi connectivity index (χ1v) is 22.3. The third-order valence-electron chi connectivity index (χ3n) is 13.2. The van der Waals surface area contributed by atoms with Gasteiger partial charge in [0.15, 0.2) is 11.2 Å². The lowest BCUT2D eigenvalue weighted by atomic mass is 9.86. The third kappa shape index (κ3) is 5.75. The molecular weight excluding hydrogens is 781 g/mol. The molecule has 12 rings (SSSR count). The van der Waals surface area contributed by atoms with E-state index in [9.17, 15) is 0 Å². The Labute approximate surface area is 372 Å². The highest BCUT2D eigenvalue weighted by molar-refractivity contribution is 6.28.